The number of aliphatic hydroxyl groups is 1. The van der Waals surface area contributed by atoms with Gasteiger partial charge in [-0.15, -0.1) is 0 Å². The molecule has 1 aliphatic rings. The minimum absolute atomic E-state index is 0.130. The first-order chi connectivity index (χ1) is 24.0. The molecule has 3 aromatic carbocycles. The number of carbonyl (C=O) groups is 1. The molecular formula is C47H56O3. The number of hydrogen-bond donors (Lipinski definition) is 1. The second-order valence-corrected chi connectivity index (χ2v) is 14.2. The van der Waals surface area contributed by atoms with Crippen LogP contribution in [0.1, 0.15) is 85.3 Å². The predicted molar refractivity (Wildman–Crippen MR) is 214 cm³/mol. The Labute approximate surface area is 301 Å². The highest BCUT2D eigenvalue weighted by atomic mass is 16.5. The number of esters is 1. The molecule has 0 saturated heterocycles. The van der Waals surface area contributed by atoms with Crippen LogP contribution in [0.2, 0.25) is 0 Å². The van der Waals surface area contributed by atoms with Crippen molar-refractivity contribution in [3.8, 4) is 11.1 Å². The Morgan fingerprint density at radius 3 is 2.36 bits per heavy atom. The second kappa shape index (κ2) is 18.5. The van der Waals surface area contributed by atoms with E-state index in [1.165, 1.54) is 49.7 Å². The Kier molecular flexibility index (Phi) is 14.2. The first kappa shape index (κ1) is 38.3. The van der Waals surface area contributed by atoms with E-state index in [-0.39, 0.29) is 24.6 Å². The van der Waals surface area contributed by atoms with Gasteiger partial charge in [-0.3, -0.25) is 4.79 Å². The molecule has 3 aromatic rings. The molecule has 4 rings (SSSR count). The van der Waals surface area contributed by atoms with Crippen LogP contribution in [0.5, 0.6) is 0 Å². The molecule has 0 spiro atoms. The molecule has 0 saturated carbocycles. The Morgan fingerprint density at radius 2 is 1.70 bits per heavy atom. The molecule has 0 aromatic heterocycles. The average Bonchev–Trinajstić information content (AvgIpc) is 3.10. The van der Waals surface area contributed by atoms with Gasteiger partial charge in [-0.25, -0.2) is 0 Å². The van der Waals surface area contributed by atoms with Gasteiger partial charge in [0.05, 0.1) is 5.92 Å². The fourth-order valence-corrected chi connectivity index (χ4v) is 6.38. The van der Waals surface area contributed by atoms with Crippen molar-refractivity contribution in [3.05, 3.63) is 149 Å². The van der Waals surface area contributed by atoms with E-state index < -0.39 is 0 Å². The molecule has 0 amide bonds. The van der Waals surface area contributed by atoms with Gasteiger partial charge in [-0.05, 0) is 112 Å². The molecule has 262 valence electrons. The normalized spacial score (nSPS) is 16.2. The zero-order valence-electron chi connectivity index (χ0n) is 31.3. The van der Waals surface area contributed by atoms with Gasteiger partial charge in [0.1, 0.15) is 6.10 Å². The number of benzene rings is 3. The third kappa shape index (κ3) is 10.5. The van der Waals surface area contributed by atoms with E-state index in [2.05, 4.69) is 132 Å². The maximum Gasteiger partial charge on any atom is 0.308 e. The number of allylic oxidation sites excluding steroid dienone is 10. The summed E-state index contributed by atoms with van der Waals surface area (Å²) in [6, 6.07) is 22.4. The van der Waals surface area contributed by atoms with E-state index in [1.54, 1.807) is 0 Å². The van der Waals surface area contributed by atoms with Crippen LogP contribution in [0, 0.1) is 11.8 Å². The molecule has 1 unspecified atom stereocenters. The number of rotatable bonds is 15. The minimum Gasteiger partial charge on any atom is -0.457 e. The van der Waals surface area contributed by atoms with Crippen LogP contribution < -0.4 is 0 Å². The first-order valence-corrected chi connectivity index (χ1v) is 18.2. The molecule has 0 radical (unpaired) electrons. The van der Waals surface area contributed by atoms with Crippen LogP contribution in [-0.4, -0.2) is 23.8 Å². The van der Waals surface area contributed by atoms with Gasteiger partial charge in [0.2, 0.25) is 0 Å². The molecule has 1 aliphatic carbocycles. The molecule has 0 aliphatic heterocycles. The van der Waals surface area contributed by atoms with Gasteiger partial charge in [0.25, 0.3) is 0 Å². The van der Waals surface area contributed by atoms with E-state index in [0.717, 1.165) is 42.4 Å². The zero-order chi connectivity index (χ0) is 36.2. The molecule has 3 heteroatoms. The SMILES string of the molecule is C=CC(/C=C\CCO)=C(\C=C(/CC)c1ccc(-c2ccc3cc(C/C(C)=C\C4=C(C)C(OC(=O)C(C)C)CC=C4)ccc3c2)cc1)CC(C)C. The number of ether oxygens (including phenoxy) is 1. The number of fused-ring (bicyclic) bond motifs is 1. The smallest absolute Gasteiger partial charge is 0.308 e. The third-order valence-electron chi connectivity index (χ3n) is 9.24. The summed E-state index contributed by atoms with van der Waals surface area (Å²) in [5.74, 6) is 0.242. The third-order valence-corrected chi connectivity index (χ3v) is 9.24. The van der Waals surface area contributed by atoms with Crippen molar-refractivity contribution in [3.63, 3.8) is 0 Å². The Balaban J connectivity index is 1.52. The summed E-state index contributed by atoms with van der Waals surface area (Å²) >= 11 is 0. The quantitative estimate of drug-likeness (QED) is 0.129. The van der Waals surface area contributed by atoms with Crippen LogP contribution in [0.25, 0.3) is 27.5 Å². The summed E-state index contributed by atoms with van der Waals surface area (Å²) in [5, 5.41) is 11.7. The summed E-state index contributed by atoms with van der Waals surface area (Å²) in [6.45, 7) is 18.9. The fraction of sp³-hybridized carbons (Fsp3) is 0.340. The van der Waals surface area contributed by atoms with Crippen LogP contribution in [0.4, 0.5) is 0 Å². The predicted octanol–water partition coefficient (Wildman–Crippen LogP) is 12.1. The Bertz CT molecular complexity index is 1840. The van der Waals surface area contributed by atoms with Gasteiger partial charge in [0, 0.05) is 13.0 Å². The van der Waals surface area contributed by atoms with E-state index in [9.17, 15) is 9.90 Å². The Morgan fingerprint density at radius 1 is 1.00 bits per heavy atom. The van der Waals surface area contributed by atoms with Crippen molar-refractivity contribution < 1.29 is 14.6 Å². The van der Waals surface area contributed by atoms with E-state index in [1.807, 2.05) is 26.0 Å². The van der Waals surface area contributed by atoms with Crippen LogP contribution in [0.3, 0.4) is 0 Å². The van der Waals surface area contributed by atoms with Gasteiger partial charge < -0.3 is 9.84 Å². The summed E-state index contributed by atoms with van der Waals surface area (Å²) in [5.41, 5.74) is 12.1. The highest BCUT2D eigenvalue weighted by molar-refractivity contribution is 5.88. The van der Waals surface area contributed by atoms with Crippen LogP contribution >= 0.6 is 0 Å². The number of hydrogen-bond acceptors (Lipinski definition) is 3. The monoisotopic (exact) mass is 668 g/mol. The lowest BCUT2D eigenvalue weighted by molar-refractivity contribution is -0.151. The van der Waals surface area contributed by atoms with Gasteiger partial charge in [0.15, 0.2) is 0 Å². The highest BCUT2D eigenvalue weighted by Crippen LogP contribution is 2.31. The van der Waals surface area contributed by atoms with Crippen molar-refractivity contribution in [2.24, 2.45) is 11.8 Å². The molecule has 0 heterocycles. The van der Waals surface area contributed by atoms with E-state index in [4.69, 9.17) is 4.74 Å². The lowest BCUT2D eigenvalue weighted by atomic mass is 9.91. The first-order valence-electron chi connectivity index (χ1n) is 18.2. The van der Waals surface area contributed by atoms with Crippen LogP contribution in [-0.2, 0) is 16.0 Å². The van der Waals surface area contributed by atoms with Crippen molar-refractivity contribution in [2.75, 3.05) is 6.61 Å². The standard InChI is InChI=1S/C47H56O3/c1-9-37(14-11-12-25-48)45(26-32(3)4)30-38(10-2)39-19-21-40(22-20-39)43-24-23-42-29-36(17-18-44(42)31-43)27-34(7)28-41-15-13-16-46(35(41)8)50-47(49)33(5)6/h9,11,13-15,17-24,28-33,46,48H,1,10,12,16,25-27H2,2-8H3/b14-11-,34-28-,38-30+,45-37+. The van der Waals surface area contributed by atoms with E-state index >= 15 is 0 Å². The van der Waals surface area contributed by atoms with Crippen molar-refractivity contribution >= 4 is 22.3 Å². The van der Waals surface area contributed by atoms with Gasteiger partial charge in [-0.2, -0.15) is 0 Å². The largest absolute Gasteiger partial charge is 0.457 e. The summed E-state index contributed by atoms with van der Waals surface area (Å²) in [7, 11) is 0. The number of carbonyl (C=O) groups excluding carboxylic acids is 1. The molecular weight excluding hydrogens is 613 g/mol. The molecule has 0 bridgehead atoms. The fourth-order valence-electron chi connectivity index (χ4n) is 6.38. The molecule has 1 atom stereocenters. The molecule has 0 fully saturated rings. The van der Waals surface area contributed by atoms with Crippen molar-refractivity contribution in [1.29, 1.82) is 0 Å². The Hall–Kier alpha value is -4.47. The van der Waals surface area contributed by atoms with Crippen molar-refractivity contribution in [2.45, 2.75) is 86.7 Å². The maximum atomic E-state index is 12.2. The summed E-state index contributed by atoms with van der Waals surface area (Å²) < 4.78 is 5.76. The lowest BCUT2D eigenvalue weighted by Crippen LogP contribution is -2.24. The van der Waals surface area contributed by atoms with Crippen LogP contribution in [0.15, 0.2) is 138 Å². The topological polar surface area (TPSA) is 46.5 Å². The minimum atomic E-state index is -0.189. The van der Waals surface area contributed by atoms with Crippen molar-refractivity contribution in [1.82, 2.24) is 0 Å². The maximum absolute atomic E-state index is 12.2. The van der Waals surface area contributed by atoms with E-state index in [0.29, 0.717) is 12.3 Å². The second-order valence-electron chi connectivity index (χ2n) is 14.2. The molecule has 1 N–H and O–H groups in total. The van der Waals surface area contributed by atoms with Gasteiger partial charge >= 0.3 is 5.97 Å². The van der Waals surface area contributed by atoms with Gasteiger partial charge in [-0.1, -0.05) is 144 Å². The zero-order valence-corrected chi connectivity index (χ0v) is 31.3. The summed E-state index contributed by atoms with van der Waals surface area (Å²) in [6.07, 6.45) is 18.8. The number of aliphatic hydroxyl groups excluding tert-OH is 1. The average molecular weight is 669 g/mol. The lowest BCUT2D eigenvalue weighted by Gasteiger charge is -2.23. The molecule has 3 nitrogen and oxygen atoms in total. The highest BCUT2D eigenvalue weighted by Gasteiger charge is 2.21. The molecule has 50 heavy (non-hydrogen) atoms. The summed E-state index contributed by atoms with van der Waals surface area (Å²) in [4.78, 5) is 12.2.